The van der Waals surface area contributed by atoms with Gasteiger partial charge in [-0.2, -0.15) is 0 Å². The molecule has 0 aromatic heterocycles. The molecule has 1 fully saturated rings. The molecule has 6 heteroatoms. The van der Waals surface area contributed by atoms with Crippen molar-refractivity contribution in [2.45, 2.75) is 25.0 Å². The highest BCUT2D eigenvalue weighted by molar-refractivity contribution is 5.79. The number of ether oxygens (including phenoxy) is 1. The van der Waals surface area contributed by atoms with E-state index in [-0.39, 0.29) is 30.9 Å². The quantitative estimate of drug-likeness (QED) is 0.925. The molecule has 2 aromatic rings. The van der Waals surface area contributed by atoms with E-state index in [1.807, 2.05) is 0 Å². The molecule has 25 heavy (non-hydrogen) atoms. The third kappa shape index (κ3) is 3.79. The summed E-state index contributed by atoms with van der Waals surface area (Å²) in [4.78, 5) is 14.1. The molecule has 0 aliphatic carbocycles. The van der Waals surface area contributed by atoms with E-state index in [1.54, 1.807) is 31.4 Å². The van der Waals surface area contributed by atoms with Crippen LogP contribution in [-0.2, 0) is 11.2 Å². The Hall–Kier alpha value is -2.47. The van der Waals surface area contributed by atoms with Gasteiger partial charge in [-0.05, 0) is 42.3 Å². The number of β-amino-alcohol motifs (C(OH)–C–C–N with tert-alkyl or cyclic N) is 1. The summed E-state index contributed by atoms with van der Waals surface area (Å²) < 4.78 is 32.8. The van der Waals surface area contributed by atoms with Crippen molar-refractivity contribution in [3.05, 3.63) is 65.2 Å². The number of nitrogens with zero attached hydrogens (tertiary/aromatic N) is 1. The molecule has 2 aromatic carbocycles. The topological polar surface area (TPSA) is 49.8 Å². The molecule has 1 amide bonds. The lowest BCUT2D eigenvalue weighted by molar-refractivity contribution is -0.131. The largest absolute Gasteiger partial charge is 0.497 e. The maximum Gasteiger partial charge on any atom is 0.227 e. The van der Waals surface area contributed by atoms with Gasteiger partial charge in [-0.1, -0.05) is 12.1 Å². The second kappa shape index (κ2) is 7.19. The summed E-state index contributed by atoms with van der Waals surface area (Å²) in [6, 6.07) is 9.59. The fourth-order valence-corrected chi connectivity index (χ4v) is 3.21. The number of aliphatic hydroxyl groups is 1. The SMILES string of the molecule is COc1cccc(CC(=O)N2C[C@H](O)C[C@H]2c2cc(F)ccc2F)c1. The van der Waals surface area contributed by atoms with Crippen LogP contribution in [-0.4, -0.2) is 35.7 Å². The number of hydrogen-bond donors (Lipinski definition) is 1. The van der Waals surface area contributed by atoms with Crippen LogP contribution in [0.25, 0.3) is 0 Å². The van der Waals surface area contributed by atoms with Crippen LogP contribution in [0.3, 0.4) is 0 Å². The summed E-state index contributed by atoms with van der Waals surface area (Å²) in [5.74, 6) is -0.768. The number of carbonyl (C=O) groups is 1. The maximum absolute atomic E-state index is 14.1. The van der Waals surface area contributed by atoms with E-state index in [2.05, 4.69) is 0 Å². The molecule has 1 saturated heterocycles. The normalized spacial score (nSPS) is 19.9. The van der Waals surface area contributed by atoms with Crippen LogP contribution < -0.4 is 4.74 Å². The smallest absolute Gasteiger partial charge is 0.227 e. The van der Waals surface area contributed by atoms with Crippen LogP contribution >= 0.6 is 0 Å². The zero-order valence-corrected chi connectivity index (χ0v) is 13.8. The second-order valence-electron chi connectivity index (χ2n) is 6.15. The number of rotatable bonds is 4. The summed E-state index contributed by atoms with van der Waals surface area (Å²) in [5.41, 5.74) is 0.847. The number of aliphatic hydroxyl groups excluding tert-OH is 1. The molecular formula is C19H19F2NO3. The first kappa shape index (κ1) is 17.4. The van der Waals surface area contributed by atoms with Crippen LogP contribution in [0.15, 0.2) is 42.5 Å². The Balaban J connectivity index is 1.83. The number of methoxy groups -OCH3 is 1. The summed E-state index contributed by atoms with van der Waals surface area (Å²) in [6.45, 7) is 0.101. The first-order chi connectivity index (χ1) is 12.0. The van der Waals surface area contributed by atoms with Crippen LogP contribution in [0, 0.1) is 11.6 Å². The number of halogens is 2. The number of likely N-dealkylation sites (tertiary alicyclic amines) is 1. The standard InChI is InChI=1S/C19H19F2NO3/c1-25-15-4-2-3-12(7-15)8-19(24)22-11-14(23)10-18(22)16-9-13(20)5-6-17(16)21/h2-7,9,14,18,23H,8,10-11H2,1H3/t14-,18+/m1/s1. The van der Waals surface area contributed by atoms with E-state index >= 15 is 0 Å². The Bertz CT molecular complexity index is 781. The minimum atomic E-state index is -0.762. The molecule has 0 spiro atoms. The Morgan fingerprint density at radius 3 is 2.84 bits per heavy atom. The Labute approximate surface area is 144 Å². The van der Waals surface area contributed by atoms with Crippen molar-refractivity contribution in [1.82, 2.24) is 4.90 Å². The number of benzene rings is 2. The maximum atomic E-state index is 14.1. The van der Waals surface area contributed by atoms with Gasteiger partial charge in [0.15, 0.2) is 0 Å². The van der Waals surface area contributed by atoms with Gasteiger partial charge in [-0.15, -0.1) is 0 Å². The van der Waals surface area contributed by atoms with Gasteiger partial charge in [-0.25, -0.2) is 8.78 Å². The molecule has 1 heterocycles. The highest BCUT2D eigenvalue weighted by Crippen LogP contribution is 2.34. The lowest BCUT2D eigenvalue weighted by atomic mass is 10.0. The Morgan fingerprint density at radius 2 is 2.08 bits per heavy atom. The van der Waals surface area contributed by atoms with Crippen molar-refractivity contribution in [3.63, 3.8) is 0 Å². The van der Waals surface area contributed by atoms with Gasteiger partial charge in [0.1, 0.15) is 17.4 Å². The molecule has 2 atom stereocenters. The Morgan fingerprint density at radius 1 is 1.28 bits per heavy atom. The van der Waals surface area contributed by atoms with Crippen molar-refractivity contribution in [2.75, 3.05) is 13.7 Å². The van der Waals surface area contributed by atoms with E-state index in [9.17, 15) is 18.7 Å². The summed E-state index contributed by atoms with van der Waals surface area (Å²) in [6.07, 6.45) is -0.483. The first-order valence-electron chi connectivity index (χ1n) is 8.03. The van der Waals surface area contributed by atoms with Crippen molar-refractivity contribution in [2.24, 2.45) is 0 Å². The highest BCUT2D eigenvalue weighted by atomic mass is 19.1. The molecule has 0 unspecified atom stereocenters. The number of carbonyl (C=O) groups excluding carboxylic acids is 1. The van der Waals surface area contributed by atoms with Crippen molar-refractivity contribution < 1.29 is 23.4 Å². The van der Waals surface area contributed by atoms with E-state index in [0.717, 1.165) is 23.8 Å². The third-order valence-electron chi connectivity index (χ3n) is 4.41. The molecule has 4 nitrogen and oxygen atoms in total. The van der Waals surface area contributed by atoms with E-state index in [0.29, 0.717) is 5.75 Å². The Kier molecular flexibility index (Phi) is 4.99. The van der Waals surface area contributed by atoms with Crippen LogP contribution in [0.2, 0.25) is 0 Å². The van der Waals surface area contributed by atoms with Crippen LogP contribution in [0.4, 0.5) is 8.78 Å². The molecule has 3 rings (SSSR count). The summed E-state index contributed by atoms with van der Waals surface area (Å²) >= 11 is 0. The van der Waals surface area contributed by atoms with Gasteiger partial charge in [0, 0.05) is 12.1 Å². The predicted octanol–water partition coefficient (Wildman–Crippen LogP) is 2.85. The third-order valence-corrected chi connectivity index (χ3v) is 4.41. The molecule has 1 aliphatic heterocycles. The number of amides is 1. The van der Waals surface area contributed by atoms with Crippen LogP contribution in [0.5, 0.6) is 5.75 Å². The van der Waals surface area contributed by atoms with E-state index in [1.165, 1.54) is 4.90 Å². The molecular weight excluding hydrogens is 328 g/mol. The van der Waals surface area contributed by atoms with Crippen molar-refractivity contribution in [1.29, 1.82) is 0 Å². The average molecular weight is 347 g/mol. The lowest BCUT2D eigenvalue weighted by Crippen LogP contribution is -2.33. The van der Waals surface area contributed by atoms with Crippen molar-refractivity contribution >= 4 is 5.91 Å². The minimum Gasteiger partial charge on any atom is -0.497 e. The lowest BCUT2D eigenvalue weighted by Gasteiger charge is -2.25. The molecule has 1 aliphatic rings. The van der Waals surface area contributed by atoms with Gasteiger partial charge < -0.3 is 14.7 Å². The summed E-state index contributed by atoms with van der Waals surface area (Å²) in [7, 11) is 1.54. The first-order valence-corrected chi connectivity index (χ1v) is 8.03. The predicted molar refractivity (Wildman–Crippen MR) is 88.1 cm³/mol. The van der Waals surface area contributed by atoms with E-state index < -0.39 is 23.8 Å². The minimum absolute atomic E-state index is 0.0931. The summed E-state index contributed by atoms with van der Waals surface area (Å²) in [5, 5.41) is 9.96. The molecule has 0 radical (unpaired) electrons. The van der Waals surface area contributed by atoms with Gasteiger partial charge in [0.05, 0.1) is 25.7 Å². The van der Waals surface area contributed by atoms with Gasteiger partial charge in [0.25, 0.3) is 0 Å². The zero-order valence-electron chi connectivity index (χ0n) is 13.8. The molecule has 1 N–H and O–H groups in total. The van der Waals surface area contributed by atoms with Crippen molar-refractivity contribution in [3.8, 4) is 5.75 Å². The fraction of sp³-hybridized carbons (Fsp3) is 0.316. The van der Waals surface area contributed by atoms with Gasteiger partial charge in [0.2, 0.25) is 5.91 Å². The average Bonchev–Trinajstić information content (AvgIpc) is 2.99. The zero-order chi connectivity index (χ0) is 18.0. The second-order valence-corrected chi connectivity index (χ2v) is 6.15. The van der Waals surface area contributed by atoms with Gasteiger partial charge in [-0.3, -0.25) is 4.79 Å². The van der Waals surface area contributed by atoms with Crippen LogP contribution in [0.1, 0.15) is 23.6 Å². The molecule has 132 valence electrons. The molecule has 0 saturated carbocycles. The highest BCUT2D eigenvalue weighted by Gasteiger charge is 2.36. The van der Waals surface area contributed by atoms with E-state index in [4.69, 9.17) is 4.74 Å². The monoisotopic (exact) mass is 347 g/mol. The van der Waals surface area contributed by atoms with Gasteiger partial charge >= 0.3 is 0 Å². The molecule has 0 bridgehead atoms. The fourth-order valence-electron chi connectivity index (χ4n) is 3.21. The number of hydrogen-bond acceptors (Lipinski definition) is 3.